The first kappa shape index (κ1) is 5.17. The Hall–Kier alpha value is 0.174. The van der Waals surface area contributed by atoms with Gasteiger partial charge in [-0.15, -0.1) is 0 Å². The van der Waals surface area contributed by atoms with Crippen molar-refractivity contribution < 1.29 is 29.3 Å². The van der Waals surface area contributed by atoms with E-state index in [0.717, 1.165) is 0 Å². The van der Waals surface area contributed by atoms with Crippen LogP contribution in [0.5, 0.6) is 0 Å². The zero-order valence-electron chi connectivity index (χ0n) is 1.99. The first-order valence-electron chi connectivity index (χ1n) is 0.690. The van der Waals surface area contributed by atoms with Crippen LogP contribution in [0, 0.1) is 0 Å². The van der Waals surface area contributed by atoms with Gasteiger partial charge in [0.2, 0.25) is 0 Å². The van der Waals surface area contributed by atoms with E-state index in [-0.39, 0.29) is 0 Å². The van der Waals surface area contributed by atoms with Crippen molar-refractivity contribution in [2.75, 3.05) is 0 Å². The van der Waals surface area contributed by atoms with E-state index in [1.807, 2.05) is 0 Å². The maximum atomic E-state index is 9.97. The molecule has 0 N–H and O–H groups in total. The van der Waals surface area contributed by atoms with Crippen molar-refractivity contribution in [3.05, 3.63) is 0 Å². The zero-order valence-corrected chi connectivity index (χ0v) is 3.39. The van der Waals surface area contributed by atoms with E-state index in [0.29, 0.717) is 0 Å². The van der Waals surface area contributed by atoms with Gasteiger partial charge in [0, 0.05) is 0 Å². The second-order valence-electron chi connectivity index (χ2n) is 0.399. The fourth-order valence-corrected chi connectivity index (χ4v) is 0. The molecule has 0 unspecified atom stereocenters. The van der Waals surface area contributed by atoms with Gasteiger partial charge in [-0.3, -0.25) is 0 Å². The Kier molecular flexibility index (Phi) is 1.14. The van der Waals surface area contributed by atoms with Crippen molar-refractivity contribution in [1.82, 2.24) is 0 Å². The zero-order chi connectivity index (χ0) is 4.50. The molecule has 1 nitrogen and oxygen atoms in total. The van der Waals surface area contributed by atoms with Gasteiger partial charge < -0.3 is 0 Å². The molecule has 5 heavy (non-hydrogen) atoms. The van der Waals surface area contributed by atoms with Crippen LogP contribution >= 0.6 is 0 Å². The summed E-state index contributed by atoms with van der Waals surface area (Å²) in [5.74, 6) is 0. The molecular weight excluding hydrogens is 124 g/mol. The molecule has 0 radical (unpaired) electrons. The molecule has 0 spiro atoms. The SMILES string of the molecule is [O]=[V]([F])([F])[F]. The average Bonchev–Trinajstić information content (AvgIpc) is 0.722. The molecule has 0 saturated carbocycles. The standard InChI is InChI=1S/3FH.O.V/h3*1H;;/q;;;;+3/p-3. The molecule has 0 fully saturated rings. The third-order valence-electron chi connectivity index (χ3n) is 0. The summed E-state index contributed by atoms with van der Waals surface area (Å²) in [7, 11) is 0. The molecule has 0 aromatic carbocycles. The van der Waals surface area contributed by atoms with Crippen molar-refractivity contribution in [2.24, 2.45) is 0 Å². The monoisotopic (exact) mass is 124 g/mol. The van der Waals surface area contributed by atoms with Crippen LogP contribution in [0.3, 0.4) is 0 Å². The molecular formula is F3OV. The normalized spacial score (nSPS) is 11.8. The Morgan fingerprint density at radius 2 is 1.20 bits per heavy atom. The topological polar surface area (TPSA) is 17.1 Å². The third-order valence-corrected chi connectivity index (χ3v) is 0. The fraction of sp³-hybridized carbons (Fsp3) is 0. The van der Waals surface area contributed by atoms with Crippen molar-refractivity contribution in [2.45, 2.75) is 0 Å². The Morgan fingerprint density at radius 1 is 1.20 bits per heavy atom. The van der Waals surface area contributed by atoms with Crippen LogP contribution in [0.1, 0.15) is 0 Å². The van der Waals surface area contributed by atoms with Gasteiger partial charge >= 0.3 is 29.3 Å². The minimum absolute atomic E-state index is 6.62. The van der Waals surface area contributed by atoms with Crippen LogP contribution in [0.4, 0.5) is 10.2 Å². The van der Waals surface area contributed by atoms with Crippen LogP contribution < -0.4 is 0 Å². The predicted molar refractivity (Wildman–Crippen MR) is 4.01 cm³/mol. The van der Waals surface area contributed by atoms with Gasteiger partial charge in [0.1, 0.15) is 0 Å². The molecule has 0 bridgehead atoms. The van der Waals surface area contributed by atoms with E-state index >= 15 is 0 Å². The van der Waals surface area contributed by atoms with E-state index in [4.69, 9.17) is 3.67 Å². The average molecular weight is 124 g/mol. The van der Waals surface area contributed by atoms with Crippen molar-refractivity contribution in [3.63, 3.8) is 0 Å². The van der Waals surface area contributed by atoms with E-state index in [1.54, 1.807) is 0 Å². The Bertz CT molecular complexity index is 53.0. The summed E-state index contributed by atoms with van der Waals surface area (Å²) in [6.45, 7) is 0. The summed E-state index contributed by atoms with van der Waals surface area (Å²) in [4.78, 5) is 0. The van der Waals surface area contributed by atoms with Crippen molar-refractivity contribution in [3.8, 4) is 0 Å². The summed E-state index contributed by atoms with van der Waals surface area (Å²) in [5.41, 5.74) is 0. The van der Waals surface area contributed by atoms with Crippen LogP contribution in [0.2, 0.25) is 0 Å². The molecule has 0 rings (SSSR count). The number of halogens is 3. The number of hydrogen-bond donors (Lipinski definition) is 0. The summed E-state index contributed by atoms with van der Waals surface area (Å²) in [6.07, 6.45) is 0. The molecule has 0 saturated heterocycles. The summed E-state index contributed by atoms with van der Waals surface area (Å²) in [6, 6.07) is 0. The molecule has 0 aromatic heterocycles. The quantitative estimate of drug-likeness (QED) is 0.473. The molecule has 0 aliphatic carbocycles. The maximum absolute atomic E-state index is 9.97. The van der Waals surface area contributed by atoms with Crippen molar-refractivity contribution >= 4 is 0 Å². The molecule has 32 valence electrons. The predicted octanol–water partition coefficient (Wildman–Crippen LogP) is 1.14. The molecule has 0 atom stereocenters. The molecule has 0 aliphatic heterocycles. The van der Waals surface area contributed by atoms with E-state index in [1.165, 1.54) is 0 Å². The van der Waals surface area contributed by atoms with Gasteiger partial charge in [0.25, 0.3) is 0 Å². The van der Waals surface area contributed by atoms with Gasteiger partial charge in [-0.2, -0.15) is 0 Å². The number of hydrogen-bond acceptors (Lipinski definition) is 1. The van der Waals surface area contributed by atoms with Crippen molar-refractivity contribution in [1.29, 1.82) is 0 Å². The van der Waals surface area contributed by atoms with Gasteiger partial charge in [-0.05, 0) is 0 Å². The minimum atomic E-state index is -6.62. The van der Waals surface area contributed by atoms with E-state index in [9.17, 15) is 10.2 Å². The molecule has 0 aliphatic rings. The van der Waals surface area contributed by atoms with Crippen LogP contribution in [0.15, 0.2) is 0 Å². The van der Waals surface area contributed by atoms with Gasteiger partial charge in [0.15, 0.2) is 0 Å². The molecule has 0 amide bonds. The fourth-order valence-electron chi connectivity index (χ4n) is 0. The number of rotatable bonds is 0. The Labute approximate surface area is 30.2 Å². The third kappa shape index (κ3) is 649. The first-order valence-corrected chi connectivity index (χ1v) is 2.84. The Morgan fingerprint density at radius 3 is 1.20 bits per heavy atom. The van der Waals surface area contributed by atoms with Gasteiger partial charge in [-0.1, -0.05) is 0 Å². The second kappa shape index (κ2) is 1.10. The first-order chi connectivity index (χ1) is 2.00. The summed E-state index contributed by atoms with van der Waals surface area (Å²) >= 11 is -6.62. The summed E-state index contributed by atoms with van der Waals surface area (Å²) in [5, 5.41) is 0. The van der Waals surface area contributed by atoms with E-state index in [2.05, 4.69) is 0 Å². The van der Waals surface area contributed by atoms with Crippen LogP contribution in [-0.2, 0) is 19.1 Å². The summed E-state index contributed by atoms with van der Waals surface area (Å²) < 4.78 is 38.2. The van der Waals surface area contributed by atoms with Gasteiger partial charge in [-0.25, -0.2) is 0 Å². The molecule has 0 aromatic rings. The Balaban J connectivity index is 3.47. The van der Waals surface area contributed by atoms with E-state index < -0.39 is 15.4 Å². The van der Waals surface area contributed by atoms with Crippen LogP contribution in [-0.4, -0.2) is 0 Å². The molecule has 0 heterocycles. The second-order valence-corrected chi connectivity index (χ2v) is 1.64. The van der Waals surface area contributed by atoms with Gasteiger partial charge in [0.05, 0.1) is 0 Å². The molecule has 5 heteroatoms. The van der Waals surface area contributed by atoms with Crippen LogP contribution in [0.25, 0.3) is 0 Å².